The van der Waals surface area contributed by atoms with Gasteiger partial charge in [-0.05, 0) is 24.3 Å². The van der Waals surface area contributed by atoms with Crippen LogP contribution in [0.4, 0.5) is 0 Å². The summed E-state index contributed by atoms with van der Waals surface area (Å²) in [6.45, 7) is 0. The number of aromatic hydroxyl groups is 2. The number of esters is 1. The molecular weight excluding hydrogens is 364 g/mol. The Morgan fingerprint density at radius 3 is 2.21 bits per heavy atom. The number of fused-ring (bicyclic) bond motifs is 3. The molecular formula is C21H14O7. The monoisotopic (exact) mass is 378 g/mol. The summed E-state index contributed by atoms with van der Waals surface area (Å²) in [6.07, 6.45) is 0. The highest BCUT2D eigenvalue weighted by molar-refractivity contribution is 6.33. The third kappa shape index (κ3) is 2.19. The minimum Gasteiger partial charge on any atom is -0.506 e. The molecule has 0 bridgehead atoms. The normalized spacial score (nSPS) is 12.5. The molecule has 3 aromatic rings. The van der Waals surface area contributed by atoms with Gasteiger partial charge < -0.3 is 19.7 Å². The molecule has 0 fully saturated rings. The van der Waals surface area contributed by atoms with Gasteiger partial charge in [-0.2, -0.15) is 0 Å². The summed E-state index contributed by atoms with van der Waals surface area (Å²) in [7, 11) is 2.58. The van der Waals surface area contributed by atoms with E-state index in [9.17, 15) is 24.6 Å². The lowest BCUT2D eigenvalue weighted by Crippen LogP contribution is -2.22. The van der Waals surface area contributed by atoms with Crippen molar-refractivity contribution in [1.29, 1.82) is 0 Å². The van der Waals surface area contributed by atoms with Crippen LogP contribution in [0.5, 0.6) is 17.2 Å². The quantitative estimate of drug-likeness (QED) is 0.408. The van der Waals surface area contributed by atoms with Crippen molar-refractivity contribution >= 4 is 28.3 Å². The highest BCUT2D eigenvalue weighted by Crippen LogP contribution is 2.45. The number of benzene rings is 3. The molecule has 0 amide bonds. The van der Waals surface area contributed by atoms with Gasteiger partial charge in [0.05, 0.1) is 36.5 Å². The molecule has 4 rings (SSSR count). The maximum absolute atomic E-state index is 13.1. The van der Waals surface area contributed by atoms with Crippen molar-refractivity contribution in [1.82, 2.24) is 0 Å². The van der Waals surface area contributed by atoms with Gasteiger partial charge in [0, 0.05) is 16.3 Å². The van der Waals surface area contributed by atoms with E-state index in [1.165, 1.54) is 44.6 Å². The van der Waals surface area contributed by atoms with Gasteiger partial charge in [-0.15, -0.1) is 0 Å². The summed E-state index contributed by atoms with van der Waals surface area (Å²) in [5.41, 5.74) is -0.380. The predicted octanol–water partition coefficient (Wildman–Crippen LogP) is 2.82. The van der Waals surface area contributed by atoms with E-state index in [1.807, 2.05) is 0 Å². The molecule has 0 aromatic heterocycles. The Bertz CT molecular complexity index is 1210. The highest BCUT2D eigenvalue weighted by Gasteiger charge is 2.38. The van der Waals surface area contributed by atoms with Crippen LogP contribution >= 0.6 is 0 Å². The van der Waals surface area contributed by atoms with Crippen LogP contribution in [0, 0.1) is 0 Å². The van der Waals surface area contributed by atoms with E-state index in [0.717, 1.165) is 0 Å². The standard InChI is InChI=1S/C21H14O7/c1-27-13-5-3-4-11-14(13)20(25)16-15(18(11)23)19(24)12-8-9(21(26)28-2)6-7-10(12)17(16)22/h3-8,22,24H,1-2H3. The summed E-state index contributed by atoms with van der Waals surface area (Å²) in [5.74, 6) is -2.64. The first-order chi connectivity index (χ1) is 13.4. The van der Waals surface area contributed by atoms with Crippen LogP contribution in [0.2, 0.25) is 0 Å². The van der Waals surface area contributed by atoms with Crippen LogP contribution in [-0.4, -0.2) is 42.0 Å². The van der Waals surface area contributed by atoms with Gasteiger partial charge in [0.15, 0.2) is 5.78 Å². The number of phenolic OH excluding ortho intramolecular Hbond substituents is 2. The Hall–Kier alpha value is -3.87. The first kappa shape index (κ1) is 17.5. The third-order valence-electron chi connectivity index (χ3n) is 4.85. The Morgan fingerprint density at radius 2 is 1.54 bits per heavy atom. The molecule has 140 valence electrons. The Balaban J connectivity index is 2.08. The van der Waals surface area contributed by atoms with Gasteiger partial charge in [0.25, 0.3) is 0 Å². The fourth-order valence-electron chi connectivity index (χ4n) is 3.52. The molecule has 0 spiro atoms. The van der Waals surface area contributed by atoms with Crippen molar-refractivity contribution in [3.63, 3.8) is 0 Å². The first-order valence-electron chi connectivity index (χ1n) is 8.27. The molecule has 1 aliphatic carbocycles. The summed E-state index contributed by atoms with van der Waals surface area (Å²) in [4.78, 5) is 37.9. The summed E-state index contributed by atoms with van der Waals surface area (Å²) < 4.78 is 9.85. The average Bonchev–Trinajstić information content (AvgIpc) is 2.72. The summed E-state index contributed by atoms with van der Waals surface area (Å²) >= 11 is 0. The molecule has 0 radical (unpaired) electrons. The topological polar surface area (TPSA) is 110 Å². The maximum atomic E-state index is 13.1. The molecule has 2 N–H and O–H groups in total. The van der Waals surface area contributed by atoms with Gasteiger partial charge in [-0.25, -0.2) is 4.79 Å². The van der Waals surface area contributed by atoms with Crippen LogP contribution < -0.4 is 4.74 Å². The number of carbonyl (C=O) groups excluding carboxylic acids is 3. The number of phenols is 2. The van der Waals surface area contributed by atoms with Crippen molar-refractivity contribution in [3.05, 3.63) is 64.2 Å². The Morgan fingerprint density at radius 1 is 0.857 bits per heavy atom. The van der Waals surface area contributed by atoms with Gasteiger partial charge in [0.1, 0.15) is 17.2 Å². The summed E-state index contributed by atoms with van der Waals surface area (Å²) in [6, 6.07) is 8.62. The van der Waals surface area contributed by atoms with Crippen molar-refractivity contribution in [2.45, 2.75) is 0 Å². The zero-order valence-electron chi connectivity index (χ0n) is 14.9. The Kier molecular flexibility index (Phi) is 3.81. The average molecular weight is 378 g/mol. The van der Waals surface area contributed by atoms with Crippen molar-refractivity contribution in [2.75, 3.05) is 14.2 Å². The van der Waals surface area contributed by atoms with E-state index < -0.39 is 29.0 Å². The Labute approximate surface area is 158 Å². The molecule has 28 heavy (non-hydrogen) atoms. The lowest BCUT2D eigenvalue weighted by molar-refractivity contribution is 0.0600. The van der Waals surface area contributed by atoms with E-state index >= 15 is 0 Å². The first-order valence-corrected chi connectivity index (χ1v) is 8.27. The largest absolute Gasteiger partial charge is 0.506 e. The van der Waals surface area contributed by atoms with Crippen molar-refractivity contribution in [3.8, 4) is 17.2 Å². The maximum Gasteiger partial charge on any atom is 0.337 e. The van der Waals surface area contributed by atoms with Gasteiger partial charge in [0.2, 0.25) is 5.78 Å². The van der Waals surface area contributed by atoms with Gasteiger partial charge in [-0.1, -0.05) is 12.1 Å². The van der Waals surface area contributed by atoms with Crippen LogP contribution in [0.3, 0.4) is 0 Å². The van der Waals surface area contributed by atoms with Crippen molar-refractivity contribution < 1.29 is 34.1 Å². The number of carbonyl (C=O) groups is 3. The molecule has 1 aliphatic rings. The van der Waals surface area contributed by atoms with Gasteiger partial charge in [-0.3, -0.25) is 9.59 Å². The second kappa shape index (κ2) is 6.09. The van der Waals surface area contributed by atoms with Crippen molar-refractivity contribution in [2.24, 2.45) is 0 Å². The molecule has 7 nitrogen and oxygen atoms in total. The zero-order chi connectivity index (χ0) is 20.2. The number of methoxy groups -OCH3 is 2. The number of hydrogen-bond donors (Lipinski definition) is 2. The van der Waals surface area contributed by atoms with Crippen LogP contribution in [0.15, 0.2) is 36.4 Å². The lowest BCUT2D eigenvalue weighted by Gasteiger charge is -2.22. The molecule has 7 heteroatoms. The second-order valence-corrected chi connectivity index (χ2v) is 6.24. The second-order valence-electron chi connectivity index (χ2n) is 6.24. The minimum atomic E-state index is -0.643. The molecule has 0 saturated carbocycles. The van der Waals surface area contributed by atoms with Crippen LogP contribution in [-0.2, 0) is 4.74 Å². The fraction of sp³-hybridized carbons (Fsp3) is 0.0952. The molecule has 3 aromatic carbocycles. The van der Waals surface area contributed by atoms with E-state index in [-0.39, 0.29) is 44.3 Å². The van der Waals surface area contributed by atoms with E-state index in [0.29, 0.717) is 0 Å². The fourth-order valence-corrected chi connectivity index (χ4v) is 3.52. The number of hydrogen-bond acceptors (Lipinski definition) is 7. The lowest BCUT2D eigenvalue weighted by atomic mass is 9.81. The molecule has 0 heterocycles. The number of ketones is 2. The number of ether oxygens (including phenoxy) is 2. The molecule has 0 saturated heterocycles. The molecule has 0 unspecified atom stereocenters. The molecule has 0 aliphatic heterocycles. The minimum absolute atomic E-state index is 0.0303. The zero-order valence-corrected chi connectivity index (χ0v) is 14.9. The summed E-state index contributed by atoms with van der Waals surface area (Å²) in [5, 5.41) is 21.7. The van der Waals surface area contributed by atoms with E-state index in [1.54, 1.807) is 6.07 Å². The molecule has 0 atom stereocenters. The third-order valence-corrected chi connectivity index (χ3v) is 4.85. The van der Waals surface area contributed by atoms with E-state index in [4.69, 9.17) is 4.74 Å². The van der Waals surface area contributed by atoms with Crippen LogP contribution in [0.1, 0.15) is 42.2 Å². The van der Waals surface area contributed by atoms with E-state index in [2.05, 4.69) is 4.74 Å². The smallest absolute Gasteiger partial charge is 0.337 e. The SMILES string of the molecule is COC(=O)c1ccc2c(O)c3c(c(O)c2c1)C(=O)c1cccc(OC)c1C3=O. The predicted molar refractivity (Wildman–Crippen MR) is 98.5 cm³/mol. The van der Waals surface area contributed by atoms with Gasteiger partial charge >= 0.3 is 5.97 Å². The number of rotatable bonds is 2. The highest BCUT2D eigenvalue weighted by atomic mass is 16.5. The van der Waals surface area contributed by atoms with Crippen LogP contribution in [0.25, 0.3) is 10.8 Å².